The maximum Gasteiger partial charge on any atom is 0.0537 e. The van der Waals surface area contributed by atoms with Crippen molar-refractivity contribution >= 4 is 0 Å². The molecule has 1 aromatic carbocycles. The van der Waals surface area contributed by atoms with E-state index in [0.717, 1.165) is 5.56 Å². The molecule has 0 saturated carbocycles. The largest absolute Gasteiger partial charge is 0.395 e. The Hall–Kier alpha value is -0.860. The summed E-state index contributed by atoms with van der Waals surface area (Å²) in [5.74, 6) is 0. The summed E-state index contributed by atoms with van der Waals surface area (Å²) in [4.78, 5) is 0. The van der Waals surface area contributed by atoms with Gasteiger partial charge in [0.05, 0.1) is 6.61 Å². The summed E-state index contributed by atoms with van der Waals surface area (Å²) in [6.45, 7) is 4.58. The molecule has 1 rings (SSSR count). The van der Waals surface area contributed by atoms with Gasteiger partial charge in [-0.15, -0.1) is 0 Å². The molecule has 72 valence electrons. The highest BCUT2D eigenvalue weighted by atomic mass is 16.3. The number of hydrogen-bond acceptors (Lipinski definition) is 2. The average molecular weight is 179 g/mol. The van der Waals surface area contributed by atoms with Gasteiger partial charge in [-0.3, -0.25) is 0 Å². The number of nitrogens with two attached hydrogens (primary N) is 1. The van der Waals surface area contributed by atoms with Crippen molar-refractivity contribution in [2.75, 3.05) is 13.2 Å². The molecule has 0 bridgehead atoms. The van der Waals surface area contributed by atoms with Crippen molar-refractivity contribution in [1.29, 1.82) is 0 Å². The quantitative estimate of drug-likeness (QED) is 0.732. The van der Waals surface area contributed by atoms with E-state index in [1.54, 1.807) is 0 Å². The minimum absolute atomic E-state index is 0.0916. The van der Waals surface area contributed by atoms with Crippen molar-refractivity contribution in [3.8, 4) is 0 Å². The lowest BCUT2D eigenvalue weighted by Gasteiger charge is -2.27. The molecule has 0 radical (unpaired) electrons. The molecular formula is C11H17NO. The maximum atomic E-state index is 9.28. The van der Waals surface area contributed by atoms with Gasteiger partial charge in [0.1, 0.15) is 0 Å². The zero-order chi connectivity index (χ0) is 9.90. The van der Waals surface area contributed by atoms with Gasteiger partial charge in [0, 0.05) is 12.0 Å². The predicted octanol–water partition coefficient (Wildman–Crippen LogP) is 1.20. The van der Waals surface area contributed by atoms with E-state index in [1.165, 1.54) is 5.56 Å². The van der Waals surface area contributed by atoms with E-state index < -0.39 is 0 Å². The fourth-order valence-electron chi connectivity index (χ4n) is 1.51. The zero-order valence-corrected chi connectivity index (χ0v) is 8.25. The Morgan fingerprint density at radius 1 is 1.38 bits per heavy atom. The van der Waals surface area contributed by atoms with Crippen molar-refractivity contribution in [1.82, 2.24) is 0 Å². The first-order valence-electron chi connectivity index (χ1n) is 4.51. The third-order valence-electron chi connectivity index (χ3n) is 2.59. The van der Waals surface area contributed by atoms with Crippen LogP contribution in [0.5, 0.6) is 0 Å². The van der Waals surface area contributed by atoms with Gasteiger partial charge in [-0.25, -0.2) is 0 Å². The monoisotopic (exact) mass is 179 g/mol. The SMILES string of the molecule is Cc1ccccc1C(C)(CN)CO. The molecule has 0 aliphatic rings. The van der Waals surface area contributed by atoms with Gasteiger partial charge >= 0.3 is 0 Å². The molecule has 0 aromatic heterocycles. The highest BCUT2D eigenvalue weighted by molar-refractivity contribution is 5.33. The first-order chi connectivity index (χ1) is 6.14. The fourth-order valence-corrected chi connectivity index (χ4v) is 1.51. The lowest BCUT2D eigenvalue weighted by molar-refractivity contribution is 0.210. The summed E-state index contributed by atoms with van der Waals surface area (Å²) in [6.07, 6.45) is 0. The van der Waals surface area contributed by atoms with Crippen LogP contribution in [-0.4, -0.2) is 18.3 Å². The summed E-state index contributed by atoms with van der Waals surface area (Å²) in [5, 5.41) is 9.28. The molecule has 13 heavy (non-hydrogen) atoms. The van der Waals surface area contributed by atoms with Crippen LogP contribution in [0.1, 0.15) is 18.1 Å². The van der Waals surface area contributed by atoms with Gasteiger partial charge in [-0.1, -0.05) is 31.2 Å². The standard InChI is InChI=1S/C11H17NO/c1-9-5-3-4-6-10(9)11(2,7-12)8-13/h3-6,13H,7-8,12H2,1-2H3. The number of benzene rings is 1. The van der Waals surface area contributed by atoms with Gasteiger partial charge < -0.3 is 10.8 Å². The number of rotatable bonds is 3. The summed E-state index contributed by atoms with van der Waals surface area (Å²) in [6, 6.07) is 8.04. The summed E-state index contributed by atoms with van der Waals surface area (Å²) < 4.78 is 0. The van der Waals surface area contributed by atoms with Crippen molar-refractivity contribution in [3.63, 3.8) is 0 Å². The lowest BCUT2D eigenvalue weighted by atomic mass is 9.81. The van der Waals surface area contributed by atoms with E-state index in [4.69, 9.17) is 5.73 Å². The van der Waals surface area contributed by atoms with Gasteiger partial charge in [0.15, 0.2) is 0 Å². The van der Waals surface area contributed by atoms with Crippen LogP contribution < -0.4 is 5.73 Å². The highest BCUT2D eigenvalue weighted by Gasteiger charge is 2.25. The van der Waals surface area contributed by atoms with Crippen LogP contribution in [0.4, 0.5) is 0 Å². The molecule has 2 heteroatoms. The van der Waals surface area contributed by atoms with Crippen LogP contribution in [0, 0.1) is 6.92 Å². The summed E-state index contributed by atoms with van der Waals surface area (Å²) in [7, 11) is 0. The van der Waals surface area contributed by atoms with Gasteiger partial charge in [-0.2, -0.15) is 0 Å². The molecule has 0 aliphatic heterocycles. The highest BCUT2D eigenvalue weighted by Crippen LogP contribution is 2.24. The van der Waals surface area contributed by atoms with Crippen LogP contribution in [0.3, 0.4) is 0 Å². The normalized spacial score (nSPS) is 15.4. The van der Waals surface area contributed by atoms with Gasteiger partial charge in [-0.05, 0) is 18.1 Å². The van der Waals surface area contributed by atoms with Gasteiger partial charge in [0.2, 0.25) is 0 Å². The van der Waals surface area contributed by atoms with Crippen LogP contribution in [0.15, 0.2) is 24.3 Å². The molecule has 0 spiro atoms. The first kappa shape index (κ1) is 10.2. The van der Waals surface area contributed by atoms with Crippen LogP contribution in [0.25, 0.3) is 0 Å². The number of aliphatic hydroxyl groups excluding tert-OH is 1. The van der Waals surface area contributed by atoms with E-state index in [0.29, 0.717) is 6.54 Å². The Kier molecular flexibility index (Phi) is 3.07. The first-order valence-corrected chi connectivity index (χ1v) is 4.51. The van der Waals surface area contributed by atoms with Crippen molar-refractivity contribution in [2.45, 2.75) is 19.3 Å². The third-order valence-corrected chi connectivity index (χ3v) is 2.59. The van der Waals surface area contributed by atoms with Crippen LogP contribution in [0.2, 0.25) is 0 Å². The maximum absolute atomic E-state index is 9.28. The molecule has 2 nitrogen and oxygen atoms in total. The molecule has 1 aromatic rings. The average Bonchev–Trinajstić information content (AvgIpc) is 2.17. The van der Waals surface area contributed by atoms with E-state index in [1.807, 2.05) is 38.1 Å². The number of aliphatic hydroxyl groups is 1. The molecule has 1 unspecified atom stereocenters. The van der Waals surface area contributed by atoms with E-state index in [2.05, 4.69) is 0 Å². The summed E-state index contributed by atoms with van der Waals surface area (Å²) >= 11 is 0. The second kappa shape index (κ2) is 3.90. The molecule has 1 atom stereocenters. The predicted molar refractivity (Wildman–Crippen MR) is 54.7 cm³/mol. The lowest BCUT2D eigenvalue weighted by Crippen LogP contribution is -2.36. The molecule has 0 amide bonds. The number of aryl methyl sites for hydroxylation is 1. The Balaban J connectivity index is 3.12. The molecular weight excluding hydrogens is 162 g/mol. The summed E-state index contributed by atoms with van der Waals surface area (Å²) in [5.41, 5.74) is 7.68. The Morgan fingerprint density at radius 2 is 2.00 bits per heavy atom. The van der Waals surface area contributed by atoms with E-state index in [9.17, 15) is 5.11 Å². The smallest absolute Gasteiger partial charge is 0.0537 e. The number of hydrogen-bond donors (Lipinski definition) is 2. The Bertz CT molecular complexity index is 279. The second-order valence-electron chi connectivity index (χ2n) is 3.74. The topological polar surface area (TPSA) is 46.2 Å². The van der Waals surface area contributed by atoms with Crippen molar-refractivity contribution in [2.24, 2.45) is 5.73 Å². The Labute approximate surface area is 79.4 Å². The zero-order valence-electron chi connectivity index (χ0n) is 8.25. The van der Waals surface area contributed by atoms with E-state index >= 15 is 0 Å². The van der Waals surface area contributed by atoms with Crippen molar-refractivity contribution in [3.05, 3.63) is 35.4 Å². The molecule has 0 fully saturated rings. The molecule has 3 N–H and O–H groups in total. The molecule has 0 heterocycles. The minimum atomic E-state index is -0.300. The fraction of sp³-hybridized carbons (Fsp3) is 0.455. The van der Waals surface area contributed by atoms with Crippen LogP contribution >= 0.6 is 0 Å². The molecule has 0 aliphatic carbocycles. The van der Waals surface area contributed by atoms with Gasteiger partial charge in [0.25, 0.3) is 0 Å². The molecule has 0 saturated heterocycles. The Morgan fingerprint density at radius 3 is 2.46 bits per heavy atom. The second-order valence-corrected chi connectivity index (χ2v) is 3.74. The van der Waals surface area contributed by atoms with E-state index in [-0.39, 0.29) is 12.0 Å². The third kappa shape index (κ3) is 1.90. The van der Waals surface area contributed by atoms with Crippen LogP contribution in [-0.2, 0) is 5.41 Å². The van der Waals surface area contributed by atoms with Crippen molar-refractivity contribution < 1.29 is 5.11 Å². The minimum Gasteiger partial charge on any atom is -0.395 e.